The number of pyridine rings is 1. The largest absolute Gasteiger partial charge is 0.460 e. The number of fused-ring (bicyclic) bond motifs is 2. The Hall–Kier alpha value is -4.32. The average Bonchev–Trinajstić information content (AvgIpc) is 3.09. The van der Waals surface area contributed by atoms with Crippen molar-refractivity contribution in [1.82, 2.24) is 9.88 Å². The van der Waals surface area contributed by atoms with Gasteiger partial charge in [0, 0.05) is 10.9 Å². The fourth-order valence-electron chi connectivity index (χ4n) is 4.19. The molecule has 0 N–H and O–H groups in total. The molecule has 6 nitrogen and oxygen atoms in total. The second-order valence-electron chi connectivity index (χ2n) is 7.79. The number of benzene rings is 3. The zero-order chi connectivity index (χ0) is 22.9. The van der Waals surface area contributed by atoms with E-state index in [4.69, 9.17) is 9.72 Å². The normalized spacial score (nSPS) is 12.8. The van der Waals surface area contributed by atoms with Crippen LogP contribution in [0.4, 0.5) is 0 Å². The molecule has 0 fully saturated rings. The van der Waals surface area contributed by atoms with Crippen LogP contribution < -0.4 is 0 Å². The first kappa shape index (κ1) is 20.6. The monoisotopic (exact) mass is 436 g/mol. The Morgan fingerprint density at radius 2 is 1.45 bits per heavy atom. The van der Waals surface area contributed by atoms with Gasteiger partial charge in [-0.05, 0) is 30.7 Å². The number of ether oxygens (including phenoxy) is 1. The summed E-state index contributed by atoms with van der Waals surface area (Å²) in [5.41, 5.74) is 4.19. The summed E-state index contributed by atoms with van der Waals surface area (Å²) in [6.45, 7) is 1.75. The van der Waals surface area contributed by atoms with Crippen molar-refractivity contribution in [2.45, 2.75) is 6.92 Å². The summed E-state index contributed by atoms with van der Waals surface area (Å²) in [5, 5.41) is 0.695. The highest BCUT2D eigenvalue weighted by Gasteiger charge is 2.35. The fraction of sp³-hybridized carbons (Fsp3) is 0.111. The lowest BCUT2D eigenvalue weighted by molar-refractivity contribution is 0.0421. The highest BCUT2D eigenvalue weighted by atomic mass is 16.5. The minimum absolute atomic E-state index is 0.00824. The summed E-state index contributed by atoms with van der Waals surface area (Å²) >= 11 is 0. The third-order valence-corrected chi connectivity index (χ3v) is 5.81. The van der Waals surface area contributed by atoms with Gasteiger partial charge in [-0.3, -0.25) is 14.5 Å². The Morgan fingerprint density at radius 3 is 2.15 bits per heavy atom. The number of esters is 1. The molecule has 1 aromatic heterocycles. The van der Waals surface area contributed by atoms with Crippen molar-refractivity contribution in [3.63, 3.8) is 0 Å². The van der Waals surface area contributed by atoms with Gasteiger partial charge in [-0.25, -0.2) is 9.78 Å². The fourth-order valence-corrected chi connectivity index (χ4v) is 4.19. The molecule has 0 atom stereocenters. The number of carbonyl (C=O) groups is 3. The maximum atomic E-state index is 13.2. The lowest BCUT2D eigenvalue weighted by Gasteiger charge is -2.16. The molecule has 1 aliphatic heterocycles. The summed E-state index contributed by atoms with van der Waals surface area (Å²) in [6.07, 6.45) is 0. The second kappa shape index (κ2) is 8.31. The van der Waals surface area contributed by atoms with Gasteiger partial charge in [-0.1, -0.05) is 60.7 Å². The van der Waals surface area contributed by atoms with Crippen molar-refractivity contribution in [3.05, 3.63) is 101 Å². The second-order valence-corrected chi connectivity index (χ2v) is 7.79. The standard InChI is InChI=1S/C27H20N2O4/c1-17-23(21-13-7-8-14-22(21)28-24(17)18-9-3-2-4-10-18)27(32)33-16-15-29-25(30)19-11-5-6-12-20(19)26(29)31/h2-14H,15-16H2,1H3. The molecule has 6 heteroatoms. The number of nitrogens with zero attached hydrogens (tertiary/aromatic N) is 2. The van der Waals surface area contributed by atoms with Crippen molar-refractivity contribution < 1.29 is 19.1 Å². The van der Waals surface area contributed by atoms with Gasteiger partial charge in [0.1, 0.15) is 6.61 Å². The van der Waals surface area contributed by atoms with E-state index in [9.17, 15) is 14.4 Å². The van der Waals surface area contributed by atoms with E-state index in [-0.39, 0.29) is 25.0 Å². The Kier molecular flexibility index (Phi) is 5.18. The Labute approximate surface area is 190 Å². The third kappa shape index (κ3) is 3.55. The summed E-state index contributed by atoms with van der Waals surface area (Å²) in [6, 6.07) is 23.8. The van der Waals surface area contributed by atoms with E-state index < -0.39 is 5.97 Å². The smallest absolute Gasteiger partial charge is 0.339 e. The van der Waals surface area contributed by atoms with E-state index in [0.29, 0.717) is 38.9 Å². The molecule has 33 heavy (non-hydrogen) atoms. The number of amides is 2. The van der Waals surface area contributed by atoms with Crippen LogP contribution in [-0.2, 0) is 4.74 Å². The number of carbonyl (C=O) groups excluding carboxylic acids is 3. The molecule has 3 aromatic carbocycles. The predicted molar refractivity (Wildman–Crippen MR) is 124 cm³/mol. The van der Waals surface area contributed by atoms with Crippen molar-refractivity contribution in [2.75, 3.05) is 13.2 Å². The number of hydrogen-bond donors (Lipinski definition) is 0. The summed E-state index contributed by atoms with van der Waals surface area (Å²) in [7, 11) is 0. The van der Waals surface area contributed by atoms with Crippen LogP contribution in [0.3, 0.4) is 0 Å². The summed E-state index contributed by atoms with van der Waals surface area (Å²) < 4.78 is 5.55. The first-order valence-corrected chi connectivity index (χ1v) is 10.6. The molecule has 0 spiro atoms. The van der Waals surface area contributed by atoms with Gasteiger partial charge >= 0.3 is 5.97 Å². The lowest BCUT2D eigenvalue weighted by Crippen LogP contribution is -2.33. The van der Waals surface area contributed by atoms with Crippen LogP contribution in [0.5, 0.6) is 0 Å². The van der Waals surface area contributed by atoms with Crippen molar-refractivity contribution >= 4 is 28.7 Å². The van der Waals surface area contributed by atoms with Crippen LogP contribution in [-0.4, -0.2) is 40.8 Å². The Morgan fingerprint density at radius 1 is 0.848 bits per heavy atom. The molecule has 0 aliphatic carbocycles. The van der Waals surface area contributed by atoms with Gasteiger partial charge in [0.25, 0.3) is 11.8 Å². The minimum atomic E-state index is -0.514. The van der Waals surface area contributed by atoms with Gasteiger partial charge in [-0.2, -0.15) is 0 Å². The van der Waals surface area contributed by atoms with E-state index in [1.54, 1.807) is 24.3 Å². The van der Waals surface area contributed by atoms with E-state index >= 15 is 0 Å². The zero-order valence-corrected chi connectivity index (χ0v) is 17.9. The van der Waals surface area contributed by atoms with Crippen LogP contribution in [0.1, 0.15) is 36.6 Å². The topological polar surface area (TPSA) is 76.6 Å². The van der Waals surface area contributed by atoms with Crippen LogP contribution in [0, 0.1) is 6.92 Å². The first-order valence-electron chi connectivity index (χ1n) is 10.6. The number of hydrogen-bond acceptors (Lipinski definition) is 5. The number of aromatic nitrogens is 1. The van der Waals surface area contributed by atoms with Crippen LogP contribution in [0.2, 0.25) is 0 Å². The SMILES string of the molecule is Cc1c(-c2ccccc2)nc2ccccc2c1C(=O)OCCN1C(=O)c2ccccc2C1=O. The van der Waals surface area contributed by atoms with E-state index in [1.165, 1.54) is 0 Å². The Bertz CT molecular complexity index is 1380. The minimum Gasteiger partial charge on any atom is -0.460 e. The molecule has 5 rings (SSSR count). The Balaban J connectivity index is 1.41. The van der Waals surface area contributed by atoms with Gasteiger partial charge in [0.2, 0.25) is 0 Å². The lowest BCUT2D eigenvalue weighted by atomic mass is 9.98. The molecule has 162 valence electrons. The molecular formula is C27H20N2O4. The molecule has 0 saturated carbocycles. The highest BCUT2D eigenvalue weighted by Crippen LogP contribution is 2.30. The van der Waals surface area contributed by atoms with E-state index in [1.807, 2.05) is 61.5 Å². The van der Waals surface area contributed by atoms with Gasteiger partial charge in [-0.15, -0.1) is 0 Å². The number of para-hydroxylation sites is 1. The highest BCUT2D eigenvalue weighted by molar-refractivity contribution is 6.21. The van der Waals surface area contributed by atoms with E-state index in [0.717, 1.165) is 10.5 Å². The molecule has 0 radical (unpaired) electrons. The summed E-state index contributed by atoms with van der Waals surface area (Å²) in [4.78, 5) is 44.1. The van der Waals surface area contributed by atoms with Crippen LogP contribution in [0.15, 0.2) is 78.9 Å². The van der Waals surface area contributed by atoms with Crippen molar-refractivity contribution in [1.29, 1.82) is 0 Å². The molecule has 0 saturated heterocycles. The summed E-state index contributed by atoms with van der Waals surface area (Å²) in [5.74, 6) is -1.26. The van der Waals surface area contributed by atoms with Crippen LogP contribution in [0.25, 0.3) is 22.2 Å². The molecule has 0 unspecified atom stereocenters. The van der Waals surface area contributed by atoms with Gasteiger partial charge in [0.15, 0.2) is 0 Å². The molecule has 2 heterocycles. The van der Waals surface area contributed by atoms with Crippen LogP contribution >= 0.6 is 0 Å². The molecule has 0 bridgehead atoms. The van der Waals surface area contributed by atoms with Gasteiger partial charge in [0.05, 0.1) is 34.4 Å². The average molecular weight is 436 g/mol. The number of imide groups is 1. The maximum Gasteiger partial charge on any atom is 0.339 e. The number of rotatable bonds is 5. The molecular weight excluding hydrogens is 416 g/mol. The first-order chi connectivity index (χ1) is 16.1. The van der Waals surface area contributed by atoms with Gasteiger partial charge < -0.3 is 4.74 Å². The third-order valence-electron chi connectivity index (χ3n) is 5.81. The van der Waals surface area contributed by atoms with Crippen molar-refractivity contribution in [2.24, 2.45) is 0 Å². The van der Waals surface area contributed by atoms with Crippen molar-refractivity contribution in [3.8, 4) is 11.3 Å². The predicted octanol–water partition coefficient (Wildman–Crippen LogP) is 4.66. The van der Waals surface area contributed by atoms with E-state index in [2.05, 4.69) is 0 Å². The molecule has 4 aromatic rings. The quantitative estimate of drug-likeness (QED) is 0.336. The maximum absolute atomic E-state index is 13.2. The molecule has 2 amide bonds. The zero-order valence-electron chi connectivity index (χ0n) is 17.9. The molecule has 1 aliphatic rings.